The molecule has 78 valence electrons. The Kier molecular flexibility index (Phi) is 2.50. The molecule has 2 atom stereocenters. The maximum Gasteiger partial charge on any atom is 0.105 e. The lowest BCUT2D eigenvalue weighted by Gasteiger charge is -2.36. The molecular weight excluding hydrogens is 186 g/mol. The van der Waals surface area contributed by atoms with Gasteiger partial charge in [-0.25, -0.2) is 0 Å². The third-order valence-electron chi connectivity index (χ3n) is 3.40. The van der Waals surface area contributed by atoms with Gasteiger partial charge in [0.2, 0.25) is 0 Å². The summed E-state index contributed by atoms with van der Waals surface area (Å²) in [6.07, 6.45) is 2.66. The Bertz CT molecular complexity index is 407. The van der Waals surface area contributed by atoms with E-state index in [1.807, 2.05) is 24.3 Å². The number of aryl methyl sites for hydroxylation is 1. The predicted molar refractivity (Wildman–Crippen MR) is 58.1 cm³/mol. The second kappa shape index (κ2) is 3.67. The van der Waals surface area contributed by atoms with E-state index in [0.717, 1.165) is 18.4 Å². The summed E-state index contributed by atoms with van der Waals surface area (Å²) in [5.74, 6) is -0.348. The number of hydrogen-bond acceptors (Lipinski definition) is 2. The van der Waals surface area contributed by atoms with Crippen LogP contribution in [-0.2, 0) is 12.0 Å². The Balaban J connectivity index is 2.50. The molecular formula is C13H15NO. The van der Waals surface area contributed by atoms with Crippen LogP contribution in [0.3, 0.4) is 0 Å². The van der Waals surface area contributed by atoms with Crippen molar-refractivity contribution in [2.24, 2.45) is 5.92 Å². The summed E-state index contributed by atoms with van der Waals surface area (Å²) in [7, 11) is 0. The molecule has 0 spiro atoms. The molecule has 1 N–H and O–H groups in total. The summed E-state index contributed by atoms with van der Waals surface area (Å²) in [4.78, 5) is 0. The van der Waals surface area contributed by atoms with Crippen molar-refractivity contribution in [1.82, 2.24) is 0 Å². The van der Waals surface area contributed by atoms with E-state index in [1.165, 1.54) is 5.56 Å². The van der Waals surface area contributed by atoms with Gasteiger partial charge in [-0.1, -0.05) is 24.3 Å². The molecule has 1 aromatic rings. The van der Waals surface area contributed by atoms with Crippen molar-refractivity contribution in [3.8, 4) is 6.07 Å². The molecule has 0 radical (unpaired) electrons. The van der Waals surface area contributed by atoms with Gasteiger partial charge >= 0.3 is 0 Å². The number of nitrogens with zero attached hydrogens (tertiary/aromatic N) is 1. The van der Waals surface area contributed by atoms with Crippen LogP contribution in [0.1, 0.15) is 30.9 Å². The fourth-order valence-corrected chi connectivity index (χ4v) is 2.40. The van der Waals surface area contributed by atoms with Gasteiger partial charge < -0.3 is 5.11 Å². The predicted octanol–water partition coefficient (Wildman–Crippen LogP) is 2.37. The monoisotopic (exact) mass is 201 g/mol. The highest BCUT2D eigenvalue weighted by Crippen LogP contribution is 2.40. The molecule has 2 unspecified atom stereocenters. The van der Waals surface area contributed by atoms with Crippen LogP contribution in [0.2, 0.25) is 0 Å². The normalized spacial score (nSPS) is 26.5. The number of fused-ring (bicyclic) bond motifs is 1. The summed E-state index contributed by atoms with van der Waals surface area (Å²) in [5.41, 5.74) is 1.20. The highest BCUT2D eigenvalue weighted by atomic mass is 16.3. The smallest absolute Gasteiger partial charge is 0.105 e. The number of rotatable bonds is 1. The average Bonchev–Trinajstić information content (AvgIpc) is 2.28. The third kappa shape index (κ3) is 1.53. The minimum absolute atomic E-state index is 0.348. The van der Waals surface area contributed by atoms with E-state index in [9.17, 15) is 5.11 Å². The Morgan fingerprint density at radius 2 is 2.20 bits per heavy atom. The van der Waals surface area contributed by atoms with E-state index in [0.29, 0.717) is 6.42 Å². The summed E-state index contributed by atoms with van der Waals surface area (Å²) >= 11 is 0. The lowest BCUT2D eigenvalue weighted by atomic mass is 9.73. The Hall–Kier alpha value is -1.33. The van der Waals surface area contributed by atoms with E-state index >= 15 is 0 Å². The van der Waals surface area contributed by atoms with Crippen LogP contribution >= 0.6 is 0 Å². The molecule has 0 aliphatic heterocycles. The second-order valence-electron chi connectivity index (χ2n) is 4.29. The summed E-state index contributed by atoms with van der Waals surface area (Å²) in [6.45, 7) is 1.79. The topological polar surface area (TPSA) is 44.0 Å². The first kappa shape index (κ1) is 10.2. The van der Waals surface area contributed by atoms with Gasteiger partial charge in [-0.3, -0.25) is 0 Å². The van der Waals surface area contributed by atoms with Gasteiger partial charge in [-0.2, -0.15) is 5.26 Å². The van der Waals surface area contributed by atoms with Gasteiger partial charge in [0.1, 0.15) is 5.60 Å². The first-order valence-corrected chi connectivity index (χ1v) is 5.39. The van der Waals surface area contributed by atoms with Gasteiger partial charge in [0, 0.05) is 0 Å². The first-order valence-electron chi connectivity index (χ1n) is 5.39. The van der Waals surface area contributed by atoms with Gasteiger partial charge in [0.05, 0.1) is 12.0 Å². The molecule has 1 aliphatic carbocycles. The summed E-state index contributed by atoms with van der Waals surface area (Å²) in [6, 6.07) is 10.1. The van der Waals surface area contributed by atoms with Crippen LogP contribution in [0.25, 0.3) is 0 Å². The first-order chi connectivity index (χ1) is 7.18. The second-order valence-corrected chi connectivity index (χ2v) is 4.29. The highest BCUT2D eigenvalue weighted by Gasteiger charge is 2.39. The van der Waals surface area contributed by atoms with Crippen molar-refractivity contribution in [2.75, 3.05) is 0 Å². The molecule has 2 heteroatoms. The fourth-order valence-electron chi connectivity index (χ4n) is 2.40. The van der Waals surface area contributed by atoms with Crippen molar-refractivity contribution in [2.45, 2.75) is 31.8 Å². The SMILES string of the molecule is CC(C#N)C1(O)CCCc2ccccc21. The van der Waals surface area contributed by atoms with E-state index in [2.05, 4.69) is 6.07 Å². The Labute approximate surface area is 90.2 Å². The summed E-state index contributed by atoms with van der Waals surface area (Å²) in [5, 5.41) is 19.5. The minimum atomic E-state index is -0.941. The van der Waals surface area contributed by atoms with Crippen LogP contribution < -0.4 is 0 Å². The van der Waals surface area contributed by atoms with Crippen molar-refractivity contribution < 1.29 is 5.11 Å². The van der Waals surface area contributed by atoms with Gasteiger partial charge in [0.25, 0.3) is 0 Å². The molecule has 0 amide bonds. The Morgan fingerprint density at radius 1 is 1.47 bits per heavy atom. The molecule has 0 fully saturated rings. The number of hydrogen-bond donors (Lipinski definition) is 1. The van der Waals surface area contributed by atoms with E-state index < -0.39 is 5.60 Å². The lowest BCUT2D eigenvalue weighted by molar-refractivity contribution is -0.0130. The summed E-state index contributed by atoms with van der Waals surface area (Å²) < 4.78 is 0. The Morgan fingerprint density at radius 3 is 2.93 bits per heavy atom. The molecule has 0 saturated heterocycles. The van der Waals surface area contributed by atoms with Crippen molar-refractivity contribution in [3.63, 3.8) is 0 Å². The lowest BCUT2D eigenvalue weighted by Crippen LogP contribution is -2.36. The van der Waals surface area contributed by atoms with Crippen molar-refractivity contribution >= 4 is 0 Å². The molecule has 0 bridgehead atoms. The average molecular weight is 201 g/mol. The highest BCUT2D eigenvalue weighted by molar-refractivity contribution is 5.36. The largest absolute Gasteiger partial charge is 0.384 e. The van der Waals surface area contributed by atoms with E-state index in [4.69, 9.17) is 5.26 Å². The third-order valence-corrected chi connectivity index (χ3v) is 3.40. The van der Waals surface area contributed by atoms with Crippen LogP contribution in [0, 0.1) is 17.2 Å². The molecule has 0 aromatic heterocycles. The minimum Gasteiger partial charge on any atom is -0.384 e. The van der Waals surface area contributed by atoms with Crippen molar-refractivity contribution in [1.29, 1.82) is 5.26 Å². The zero-order chi connectivity index (χ0) is 10.9. The van der Waals surface area contributed by atoms with Crippen LogP contribution in [0.15, 0.2) is 24.3 Å². The molecule has 1 aromatic carbocycles. The van der Waals surface area contributed by atoms with Gasteiger partial charge in [0.15, 0.2) is 0 Å². The maximum atomic E-state index is 10.6. The van der Waals surface area contributed by atoms with Crippen LogP contribution in [0.5, 0.6) is 0 Å². The molecule has 1 aliphatic rings. The van der Waals surface area contributed by atoms with E-state index in [1.54, 1.807) is 6.92 Å². The maximum absolute atomic E-state index is 10.6. The molecule has 2 nitrogen and oxygen atoms in total. The molecule has 2 rings (SSSR count). The van der Waals surface area contributed by atoms with E-state index in [-0.39, 0.29) is 5.92 Å². The molecule has 15 heavy (non-hydrogen) atoms. The fraction of sp³-hybridized carbons (Fsp3) is 0.462. The van der Waals surface area contributed by atoms with Crippen LogP contribution in [0.4, 0.5) is 0 Å². The van der Waals surface area contributed by atoms with Gasteiger partial charge in [-0.15, -0.1) is 0 Å². The zero-order valence-corrected chi connectivity index (χ0v) is 8.90. The standard InChI is InChI=1S/C13H15NO/c1-10(9-14)13(15)8-4-6-11-5-2-3-7-12(11)13/h2-3,5,7,10,15H,4,6,8H2,1H3. The quantitative estimate of drug-likeness (QED) is 0.758. The number of nitriles is 1. The molecule has 0 heterocycles. The van der Waals surface area contributed by atoms with Crippen LogP contribution in [-0.4, -0.2) is 5.11 Å². The van der Waals surface area contributed by atoms with Gasteiger partial charge in [-0.05, 0) is 37.3 Å². The zero-order valence-electron chi connectivity index (χ0n) is 8.90. The molecule has 0 saturated carbocycles. The number of aliphatic hydroxyl groups is 1. The number of benzene rings is 1. The van der Waals surface area contributed by atoms with Crippen molar-refractivity contribution in [3.05, 3.63) is 35.4 Å².